The summed E-state index contributed by atoms with van der Waals surface area (Å²) in [5, 5.41) is 12.5. The van der Waals surface area contributed by atoms with Gasteiger partial charge in [-0.25, -0.2) is 0 Å². The van der Waals surface area contributed by atoms with Crippen LogP contribution in [0.15, 0.2) is 0 Å². The van der Waals surface area contributed by atoms with Gasteiger partial charge in [0, 0.05) is 19.2 Å². The molecule has 1 rings (SSSR count). The minimum Gasteiger partial charge on any atom is -0.466 e. The van der Waals surface area contributed by atoms with Gasteiger partial charge in [0.2, 0.25) is 0 Å². The number of carbonyl (C=O) groups is 1. The Kier molecular flexibility index (Phi) is 5.77. The summed E-state index contributed by atoms with van der Waals surface area (Å²) in [6.45, 7) is 5.00. The average molecular weight is 229 g/mol. The first-order valence-corrected chi connectivity index (χ1v) is 6.19. The van der Waals surface area contributed by atoms with E-state index < -0.39 is 0 Å². The van der Waals surface area contributed by atoms with Gasteiger partial charge < -0.3 is 15.2 Å². The second-order valence-electron chi connectivity index (χ2n) is 4.54. The summed E-state index contributed by atoms with van der Waals surface area (Å²) < 4.78 is 4.94. The van der Waals surface area contributed by atoms with Crippen molar-refractivity contribution in [1.29, 1.82) is 0 Å². The van der Waals surface area contributed by atoms with E-state index in [9.17, 15) is 4.79 Å². The lowest BCUT2D eigenvalue weighted by Crippen LogP contribution is -2.38. The van der Waals surface area contributed by atoms with Gasteiger partial charge in [-0.3, -0.25) is 4.79 Å². The van der Waals surface area contributed by atoms with Crippen LogP contribution < -0.4 is 5.32 Å². The molecule has 0 spiro atoms. The molecular formula is C12H23NO3. The van der Waals surface area contributed by atoms with E-state index in [1.54, 1.807) is 0 Å². The van der Waals surface area contributed by atoms with Crippen LogP contribution in [0.5, 0.6) is 0 Å². The van der Waals surface area contributed by atoms with Gasteiger partial charge in [-0.15, -0.1) is 0 Å². The van der Waals surface area contributed by atoms with Gasteiger partial charge in [0.15, 0.2) is 0 Å². The van der Waals surface area contributed by atoms with Crippen molar-refractivity contribution in [3.05, 3.63) is 0 Å². The molecule has 0 bridgehead atoms. The first kappa shape index (κ1) is 13.5. The predicted molar refractivity (Wildman–Crippen MR) is 62.0 cm³/mol. The summed E-state index contributed by atoms with van der Waals surface area (Å²) >= 11 is 0. The Hall–Kier alpha value is -0.610. The maximum Gasteiger partial charge on any atom is 0.309 e. The number of carbonyl (C=O) groups excluding carboxylic acids is 1. The van der Waals surface area contributed by atoms with E-state index in [2.05, 4.69) is 5.32 Å². The van der Waals surface area contributed by atoms with Crippen LogP contribution in [0.3, 0.4) is 0 Å². The van der Waals surface area contributed by atoms with E-state index in [0.717, 1.165) is 19.3 Å². The second-order valence-corrected chi connectivity index (χ2v) is 4.54. The van der Waals surface area contributed by atoms with Crippen molar-refractivity contribution in [3.63, 3.8) is 0 Å². The highest BCUT2D eigenvalue weighted by molar-refractivity contribution is 5.72. The minimum absolute atomic E-state index is 0.111. The Morgan fingerprint density at radius 1 is 1.56 bits per heavy atom. The van der Waals surface area contributed by atoms with Gasteiger partial charge in [0.1, 0.15) is 0 Å². The molecule has 0 heterocycles. The van der Waals surface area contributed by atoms with Crippen molar-refractivity contribution in [2.24, 2.45) is 11.8 Å². The number of hydrogen-bond donors (Lipinski definition) is 2. The molecule has 16 heavy (non-hydrogen) atoms. The number of rotatable bonds is 6. The third kappa shape index (κ3) is 3.76. The van der Waals surface area contributed by atoms with E-state index in [1.807, 2.05) is 13.8 Å². The monoisotopic (exact) mass is 229 g/mol. The van der Waals surface area contributed by atoms with E-state index in [-0.39, 0.29) is 18.5 Å². The normalized spacial score (nSPS) is 26.7. The quantitative estimate of drug-likeness (QED) is 0.665. The van der Waals surface area contributed by atoms with Gasteiger partial charge in [0.25, 0.3) is 0 Å². The fourth-order valence-corrected chi connectivity index (χ4v) is 2.22. The van der Waals surface area contributed by atoms with Crippen molar-refractivity contribution in [2.75, 3.05) is 19.8 Å². The van der Waals surface area contributed by atoms with Crippen LogP contribution in [0, 0.1) is 11.8 Å². The second kappa shape index (κ2) is 6.86. The highest BCUT2D eigenvalue weighted by Gasteiger charge is 2.27. The highest BCUT2D eigenvalue weighted by Crippen LogP contribution is 2.25. The van der Waals surface area contributed by atoms with E-state index in [0.29, 0.717) is 25.1 Å². The lowest BCUT2D eigenvalue weighted by molar-refractivity contribution is -0.147. The van der Waals surface area contributed by atoms with Gasteiger partial charge >= 0.3 is 5.97 Å². The summed E-state index contributed by atoms with van der Waals surface area (Å²) in [7, 11) is 0. The molecular weight excluding hydrogens is 206 g/mol. The summed E-state index contributed by atoms with van der Waals surface area (Å²) in [6, 6.07) is 0.363. The molecule has 1 aliphatic rings. The first-order valence-electron chi connectivity index (χ1n) is 6.19. The van der Waals surface area contributed by atoms with Crippen LogP contribution in [0.25, 0.3) is 0 Å². The molecule has 0 amide bonds. The van der Waals surface area contributed by atoms with Gasteiger partial charge in [-0.1, -0.05) is 13.3 Å². The standard InChI is InChI=1S/C12H23NO3/c1-3-16-12(15)9(2)7-13-11-6-4-5-10(11)8-14/h9-11,13-14H,3-8H2,1-2H3. The molecule has 4 nitrogen and oxygen atoms in total. The van der Waals surface area contributed by atoms with Crippen molar-refractivity contribution in [1.82, 2.24) is 5.32 Å². The van der Waals surface area contributed by atoms with Crippen molar-refractivity contribution in [2.45, 2.75) is 39.2 Å². The fraction of sp³-hybridized carbons (Fsp3) is 0.917. The minimum atomic E-state index is -0.145. The number of aliphatic hydroxyl groups excluding tert-OH is 1. The van der Waals surface area contributed by atoms with Crippen LogP contribution in [0.1, 0.15) is 33.1 Å². The summed E-state index contributed by atoms with van der Waals surface area (Å²) in [4.78, 5) is 11.4. The van der Waals surface area contributed by atoms with Crippen LogP contribution in [0.2, 0.25) is 0 Å². The zero-order valence-corrected chi connectivity index (χ0v) is 10.2. The molecule has 1 saturated carbocycles. The lowest BCUT2D eigenvalue weighted by atomic mass is 10.0. The maximum atomic E-state index is 11.4. The van der Waals surface area contributed by atoms with Crippen molar-refractivity contribution < 1.29 is 14.6 Å². The highest BCUT2D eigenvalue weighted by atomic mass is 16.5. The van der Waals surface area contributed by atoms with Crippen molar-refractivity contribution >= 4 is 5.97 Å². The van der Waals surface area contributed by atoms with Gasteiger partial charge in [-0.05, 0) is 25.7 Å². The molecule has 1 aliphatic carbocycles. The molecule has 0 aromatic heterocycles. The fourth-order valence-electron chi connectivity index (χ4n) is 2.22. The summed E-state index contributed by atoms with van der Waals surface area (Å²) in [6.07, 6.45) is 3.35. The summed E-state index contributed by atoms with van der Waals surface area (Å²) in [5.41, 5.74) is 0. The topological polar surface area (TPSA) is 58.6 Å². The first-order chi connectivity index (χ1) is 7.69. The molecule has 0 saturated heterocycles. The zero-order valence-electron chi connectivity index (χ0n) is 10.2. The third-order valence-electron chi connectivity index (χ3n) is 3.27. The van der Waals surface area contributed by atoms with Crippen LogP contribution in [-0.4, -0.2) is 36.9 Å². The molecule has 2 N–H and O–H groups in total. The van der Waals surface area contributed by atoms with E-state index in [1.165, 1.54) is 0 Å². The number of hydrogen-bond acceptors (Lipinski definition) is 4. The number of nitrogens with one attached hydrogen (secondary N) is 1. The largest absolute Gasteiger partial charge is 0.466 e. The average Bonchev–Trinajstić information content (AvgIpc) is 2.73. The molecule has 0 radical (unpaired) electrons. The van der Waals surface area contributed by atoms with E-state index in [4.69, 9.17) is 9.84 Å². The van der Waals surface area contributed by atoms with Crippen LogP contribution in [-0.2, 0) is 9.53 Å². The molecule has 0 aliphatic heterocycles. The molecule has 0 aromatic rings. The number of ether oxygens (including phenoxy) is 1. The Balaban J connectivity index is 2.25. The van der Waals surface area contributed by atoms with Crippen LogP contribution in [0.4, 0.5) is 0 Å². The Morgan fingerprint density at radius 3 is 2.94 bits per heavy atom. The summed E-state index contributed by atoms with van der Waals surface area (Å²) in [5.74, 6) is 0.0998. The lowest BCUT2D eigenvalue weighted by Gasteiger charge is -2.20. The maximum absolute atomic E-state index is 11.4. The zero-order chi connectivity index (χ0) is 12.0. The van der Waals surface area contributed by atoms with Crippen molar-refractivity contribution in [3.8, 4) is 0 Å². The smallest absolute Gasteiger partial charge is 0.309 e. The van der Waals surface area contributed by atoms with E-state index >= 15 is 0 Å². The molecule has 1 fully saturated rings. The Labute approximate surface area is 97.4 Å². The molecule has 4 heteroatoms. The molecule has 3 atom stereocenters. The van der Waals surface area contributed by atoms with Crippen LogP contribution >= 0.6 is 0 Å². The third-order valence-corrected chi connectivity index (χ3v) is 3.27. The predicted octanol–water partition coefficient (Wildman–Crippen LogP) is 0.936. The number of aliphatic hydroxyl groups is 1. The SMILES string of the molecule is CCOC(=O)C(C)CNC1CCCC1CO. The Bertz CT molecular complexity index is 220. The van der Waals surface area contributed by atoms with Gasteiger partial charge in [0.05, 0.1) is 12.5 Å². The molecule has 3 unspecified atom stereocenters. The molecule has 94 valence electrons. The van der Waals surface area contributed by atoms with Gasteiger partial charge in [-0.2, -0.15) is 0 Å². The Morgan fingerprint density at radius 2 is 2.31 bits per heavy atom. The molecule has 0 aromatic carbocycles. The number of esters is 1.